The van der Waals surface area contributed by atoms with Crippen LogP contribution in [0.3, 0.4) is 0 Å². The molecular formula is C23H30O4. The summed E-state index contributed by atoms with van der Waals surface area (Å²) in [5, 5.41) is 10.9. The minimum absolute atomic E-state index is 0.141. The number of hydrogen-bond donors (Lipinski definition) is 1. The van der Waals surface area contributed by atoms with Gasteiger partial charge in [0.05, 0.1) is 25.9 Å². The summed E-state index contributed by atoms with van der Waals surface area (Å²) in [6.45, 7) is 7.38. The normalized spacial score (nSPS) is 31.0. The van der Waals surface area contributed by atoms with Gasteiger partial charge in [0.25, 0.3) is 0 Å². The molecule has 5 atom stereocenters. The van der Waals surface area contributed by atoms with Crippen molar-refractivity contribution < 1.29 is 19.3 Å². The number of aliphatic hydroxyl groups is 1. The van der Waals surface area contributed by atoms with E-state index in [2.05, 4.69) is 13.8 Å². The van der Waals surface area contributed by atoms with Gasteiger partial charge in [0.1, 0.15) is 6.10 Å². The average molecular weight is 370 g/mol. The van der Waals surface area contributed by atoms with E-state index in [1.807, 2.05) is 60.7 Å². The van der Waals surface area contributed by atoms with E-state index in [9.17, 15) is 5.11 Å². The zero-order chi connectivity index (χ0) is 19.3. The molecule has 1 heterocycles. The Morgan fingerprint density at radius 2 is 1.44 bits per heavy atom. The lowest BCUT2D eigenvalue weighted by atomic mass is 9.80. The molecule has 2 aromatic rings. The lowest BCUT2D eigenvalue weighted by Gasteiger charge is -2.48. The predicted octanol–water partition coefficient (Wildman–Crippen LogP) is 4.17. The molecule has 4 heteroatoms. The van der Waals surface area contributed by atoms with E-state index in [1.165, 1.54) is 0 Å². The van der Waals surface area contributed by atoms with Crippen molar-refractivity contribution in [3.63, 3.8) is 0 Å². The van der Waals surface area contributed by atoms with Crippen LogP contribution in [0, 0.1) is 11.8 Å². The molecule has 0 amide bonds. The monoisotopic (exact) mass is 370 g/mol. The molecule has 0 saturated carbocycles. The van der Waals surface area contributed by atoms with Crippen molar-refractivity contribution >= 4 is 0 Å². The summed E-state index contributed by atoms with van der Waals surface area (Å²) in [5.74, 6) is -0.994. The van der Waals surface area contributed by atoms with Crippen molar-refractivity contribution in [3.8, 4) is 0 Å². The van der Waals surface area contributed by atoms with E-state index in [0.29, 0.717) is 19.8 Å². The summed E-state index contributed by atoms with van der Waals surface area (Å²) >= 11 is 0. The predicted molar refractivity (Wildman–Crippen MR) is 105 cm³/mol. The van der Waals surface area contributed by atoms with Crippen LogP contribution in [-0.4, -0.2) is 29.7 Å². The van der Waals surface area contributed by atoms with Gasteiger partial charge in [0, 0.05) is 0 Å². The smallest absolute Gasteiger partial charge is 0.190 e. The van der Waals surface area contributed by atoms with Crippen LogP contribution in [0.25, 0.3) is 0 Å². The van der Waals surface area contributed by atoms with Gasteiger partial charge in [-0.1, -0.05) is 74.5 Å². The lowest BCUT2D eigenvalue weighted by Crippen LogP contribution is -2.58. The Morgan fingerprint density at radius 3 is 2.04 bits per heavy atom. The molecule has 2 aromatic carbocycles. The van der Waals surface area contributed by atoms with E-state index >= 15 is 0 Å². The average Bonchev–Trinajstić information content (AvgIpc) is 2.67. The van der Waals surface area contributed by atoms with E-state index in [1.54, 1.807) is 6.92 Å². The molecule has 4 nitrogen and oxygen atoms in total. The van der Waals surface area contributed by atoms with Gasteiger partial charge in [-0.05, 0) is 29.9 Å². The van der Waals surface area contributed by atoms with Gasteiger partial charge in [0.2, 0.25) is 0 Å². The summed E-state index contributed by atoms with van der Waals surface area (Å²) in [6, 6.07) is 20.1. The zero-order valence-electron chi connectivity index (χ0n) is 16.4. The minimum Gasteiger partial charge on any atom is -0.374 e. The van der Waals surface area contributed by atoms with Gasteiger partial charge in [0.15, 0.2) is 5.79 Å². The second-order valence-electron chi connectivity index (χ2n) is 7.65. The highest BCUT2D eigenvalue weighted by atomic mass is 16.7. The quantitative estimate of drug-likeness (QED) is 0.795. The SMILES string of the molecule is C[C@H]1[C@H](C)C(COCc2ccccc2)OC(C)(O)[C@H]1OCc1ccccc1. The number of hydrogen-bond acceptors (Lipinski definition) is 4. The van der Waals surface area contributed by atoms with Crippen LogP contribution in [0.2, 0.25) is 0 Å². The Hall–Kier alpha value is -1.72. The molecule has 146 valence electrons. The maximum absolute atomic E-state index is 10.9. The third-order valence-electron chi connectivity index (χ3n) is 5.48. The fourth-order valence-electron chi connectivity index (χ4n) is 3.70. The highest BCUT2D eigenvalue weighted by Crippen LogP contribution is 2.38. The number of benzene rings is 2. The van der Waals surface area contributed by atoms with Gasteiger partial charge >= 0.3 is 0 Å². The molecule has 1 aliphatic rings. The zero-order valence-corrected chi connectivity index (χ0v) is 16.4. The summed E-state index contributed by atoms with van der Waals surface area (Å²) in [4.78, 5) is 0. The first-order chi connectivity index (χ1) is 13.0. The van der Waals surface area contributed by atoms with E-state index < -0.39 is 11.9 Å². The highest BCUT2D eigenvalue weighted by molar-refractivity contribution is 5.14. The van der Waals surface area contributed by atoms with E-state index in [4.69, 9.17) is 14.2 Å². The maximum Gasteiger partial charge on any atom is 0.190 e. The molecule has 27 heavy (non-hydrogen) atoms. The Kier molecular flexibility index (Phi) is 6.66. The number of ether oxygens (including phenoxy) is 3. The van der Waals surface area contributed by atoms with Gasteiger partial charge < -0.3 is 19.3 Å². The summed E-state index contributed by atoms with van der Waals surface area (Å²) < 4.78 is 17.9. The van der Waals surface area contributed by atoms with Crippen molar-refractivity contribution in [3.05, 3.63) is 71.8 Å². The molecular weight excluding hydrogens is 340 g/mol. The first kappa shape index (κ1) is 20.0. The van der Waals surface area contributed by atoms with Crippen LogP contribution in [0.15, 0.2) is 60.7 Å². The molecule has 3 rings (SSSR count). The molecule has 0 radical (unpaired) electrons. The molecule has 0 aromatic heterocycles. The highest BCUT2D eigenvalue weighted by Gasteiger charge is 2.48. The standard InChI is InChI=1S/C23H30O4/c1-17-18(2)22(26-15-20-12-8-5-9-13-20)23(3,24)27-21(17)16-25-14-19-10-6-4-7-11-19/h4-13,17-18,21-22,24H,14-16H2,1-3H3/t17-,18-,21?,22-,23?/m0/s1. The Labute approximate surface area is 162 Å². The van der Waals surface area contributed by atoms with Crippen molar-refractivity contribution in [2.75, 3.05) is 6.61 Å². The maximum atomic E-state index is 10.9. The first-order valence-corrected chi connectivity index (χ1v) is 9.65. The van der Waals surface area contributed by atoms with Crippen LogP contribution >= 0.6 is 0 Å². The van der Waals surface area contributed by atoms with Crippen LogP contribution in [0.5, 0.6) is 0 Å². The minimum atomic E-state index is -1.35. The third-order valence-corrected chi connectivity index (χ3v) is 5.48. The topological polar surface area (TPSA) is 47.9 Å². The van der Waals surface area contributed by atoms with Crippen molar-refractivity contribution in [2.24, 2.45) is 11.8 Å². The summed E-state index contributed by atoms with van der Waals surface area (Å²) in [6.07, 6.45) is -0.562. The van der Waals surface area contributed by atoms with Gasteiger partial charge in [-0.3, -0.25) is 0 Å². The van der Waals surface area contributed by atoms with Crippen LogP contribution < -0.4 is 0 Å². The fourth-order valence-corrected chi connectivity index (χ4v) is 3.70. The van der Waals surface area contributed by atoms with Crippen LogP contribution in [0.1, 0.15) is 31.9 Å². The second kappa shape index (κ2) is 8.98. The molecule has 0 spiro atoms. The molecule has 0 aliphatic carbocycles. The Balaban J connectivity index is 1.56. The van der Waals surface area contributed by atoms with Gasteiger partial charge in [-0.2, -0.15) is 0 Å². The third kappa shape index (κ3) is 5.17. The second-order valence-corrected chi connectivity index (χ2v) is 7.65. The molecule has 1 aliphatic heterocycles. The van der Waals surface area contributed by atoms with Crippen LogP contribution in [0.4, 0.5) is 0 Å². The number of rotatable bonds is 7. The van der Waals surface area contributed by atoms with Crippen LogP contribution in [-0.2, 0) is 27.4 Å². The Morgan fingerprint density at radius 1 is 0.889 bits per heavy atom. The van der Waals surface area contributed by atoms with E-state index in [0.717, 1.165) is 11.1 Å². The van der Waals surface area contributed by atoms with Gasteiger partial charge in [-0.15, -0.1) is 0 Å². The van der Waals surface area contributed by atoms with Gasteiger partial charge in [-0.25, -0.2) is 0 Å². The fraction of sp³-hybridized carbons (Fsp3) is 0.478. The first-order valence-electron chi connectivity index (χ1n) is 9.65. The largest absolute Gasteiger partial charge is 0.374 e. The van der Waals surface area contributed by atoms with Crippen molar-refractivity contribution in [1.29, 1.82) is 0 Å². The molecule has 2 unspecified atom stereocenters. The summed E-state index contributed by atoms with van der Waals surface area (Å²) in [5.41, 5.74) is 2.21. The van der Waals surface area contributed by atoms with E-state index in [-0.39, 0.29) is 17.9 Å². The van der Waals surface area contributed by atoms with Crippen molar-refractivity contribution in [2.45, 2.75) is 52.0 Å². The molecule has 1 fully saturated rings. The van der Waals surface area contributed by atoms with Crippen molar-refractivity contribution in [1.82, 2.24) is 0 Å². The molecule has 0 bridgehead atoms. The lowest BCUT2D eigenvalue weighted by molar-refractivity contribution is -0.332. The Bertz CT molecular complexity index is 684. The molecule has 1 N–H and O–H groups in total. The summed E-state index contributed by atoms with van der Waals surface area (Å²) in [7, 11) is 0. The molecule has 1 saturated heterocycles.